The SMILES string of the molecule is NNc1ccc(C(=O)NCC2Cc3ccccc3O2)nn1. The van der Waals surface area contributed by atoms with Crippen molar-refractivity contribution in [3.8, 4) is 5.75 Å². The Morgan fingerprint density at radius 3 is 2.86 bits per heavy atom. The molecule has 0 spiro atoms. The smallest absolute Gasteiger partial charge is 0.271 e. The summed E-state index contributed by atoms with van der Waals surface area (Å²) < 4.78 is 5.75. The lowest BCUT2D eigenvalue weighted by Gasteiger charge is -2.11. The van der Waals surface area contributed by atoms with Crippen molar-refractivity contribution < 1.29 is 9.53 Å². The first kappa shape index (κ1) is 13.3. The summed E-state index contributed by atoms with van der Waals surface area (Å²) in [4.78, 5) is 12.0. The minimum absolute atomic E-state index is 0.0516. The number of nitrogens with zero attached hydrogens (tertiary/aromatic N) is 2. The van der Waals surface area contributed by atoms with E-state index in [2.05, 4.69) is 20.9 Å². The molecule has 1 unspecified atom stereocenters. The van der Waals surface area contributed by atoms with Crippen molar-refractivity contribution in [3.63, 3.8) is 0 Å². The maximum absolute atomic E-state index is 12.0. The van der Waals surface area contributed by atoms with Crippen molar-refractivity contribution >= 4 is 11.7 Å². The number of hydrogen-bond acceptors (Lipinski definition) is 6. The van der Waals surface area contributed by atoms with E-state index in [0.717, 1.165) is 17.7 Å². The van der Waals surface area contributed by atoms with Gasteiger partial charge < -0.3 is 15.5 Å². The third-order valence-corrected chi connectivity index (χ3v) is 3.25. The highest BCUT2D eigenvalue weighted by Crippen LogP contribution is 2.27. The molecule has 1 aromatic carbocycles. The van der Waals surface area contributed by atoms with Crippen molar-refractivity contribution in [2.45, 2.75) is 12.5 Å². The summed E-state index contributed by atoms with van der Waals surface area (Å²) in [5.41, 5.74) is 3.76. The number of fused-ring (bicyclic) bond motifs is 1. The molecule has 21 heavy (non-hydrogen) atoms. The van der Waals surface area contributed by atoms with Crippen LogP contribution in [0.15, 0.2) is 36.4 Å². The number of nitrogen functional groups attached to an aromatic ring is 1. The molecule has 1 atom stereocenters. The highest BCUT2D eigenvalue weighted by Gasteiger charge is 2.23. The van der Waals surface area contributed by atoms with Crippen LogP contribution in [0.25, 0.3) is 0 Å². The molecule has 0 bridgehead atoms. The van der Waals surface area contributed by atoms with Gasteiger partial charge in [-0.3, -0.25) is 4.79 Å². The van der Waals surface area contributed by atoms with Gasteiger partial charge >= 0.3 is 0 Å². The number of rotatable bonds is 4. The summed E-state index contributed by atoms with van der Waals surface area (Å²) in [6.45, 7) is 0.423. The Morgan fingerprint density at radius 1 is 1.29 bits per heavy atom. The standard InChI is InChI=1S/C14H15N5O2/c15-17-13-6-5-11(18-19-13)14(20)16-8-10-7-9-3-1-2-4-12(9)21-10/h1-6,10H,7-8,15H2,(H,16,20)(H,17,19). The number of nitrogens with two attached hydrogens (primary N) is 1. The first-order chi connectivity index (χ1) is 10.3. The molecule has 0 saturated carbocycles. The van der Waals surface area contributed by atoms with Gasteiger partial charge in [-0.1, -0.05) is 18.2 Å². The normalized spacial score (nSPS) is 16.0. The zero-order chi connectivity index (χ0) is 14.7. The van der Waals surface area contributed by atoms with E-state index in [-0.39, 0.29) is 17.7 Å². The van der Waals surface area contributed by atoms with Crippen molar-refractivity contribution in [3.05, 3.63) is 47.7 Å². The molecule has 2 heterocycles. The van der Waals surface area contributed by atoms with E-state index in [0.29, 0.717) is 12.4 Å². The van der Waals surface area contributed by atoms with Crippen molar-refractivity contribution in [2.75, 3.05) is 12.0 Å². The third kappa shape index (κ3) is 2.92. The molecule has 108 valence electrons. The number of carbonyl (C=O) groups excluding carboxylic acids is 1. The molecule has 0 saturated heterocycles. The van der Waals surface area contributed by atoms with E-state index in [4.69, 9.17) is 10.6 Å². The Balaban J connectivity index is 1.55. The van der Waals surface area contributed by atoms with Gasteiger partial charge in [0.1, 0.15) is 11.9 Å². The number of amides is 1. The van der Waals surface area contributed by atoms with Crippen LogP contribution in [0.5, 0.6) is 5.75 Å². The summed E-state index contributed by atoms with van der Waals surface area (Å²) >= 11 is 0. The topological polar surface area (TPSA) is 102 Å². The fraction of sp³-hybridized carbons (Fsp3) is 0.214. The van der Waals surface area contributed by atoms with E-state index >= 15 is 0 Å². The van der Waals surface area contributed by atoms with Crippen LogP contribution in [0.4, 0.5) is 5.82 Å². The van der Waals surface area contributed by atoms with E-state index in [9.17, 15) is 4.79 Å². The van der Waals surface area contributed by atoms with Crippen LogP contribution >= 0.6 is 0 Å². The van der Waals surface area contributed by atoms with Gasteiger partial charge in [0, 0.05) is 6.42 Å². The molecule has 0 fully saturated rings. The number of para-hydroxylation sites is 1. The lowest BCUT2D eigenvalue weighted by Crippen LogP contribution is -2.35. The van der Waals surface area contributed by atoms with E-state index < -0.39 is 0 Å². The van der Waals surface area contributed by atoms with Crippen molar-refractivity contribution in [1.29, 1.82) is 0 Å². The summed E-state index contributed by atoms with van der Waals surface area (Å²) in [5.74, 6) is 6.19. The van der Waals surface area contributed by atoms with Gasteiger partial charge in [0.15, 0.2) is 11.5 Å². The second-order valence-electron chi connectivity index (χ2n) is 4.71. The van der Waals surface area contributed by atoms with Gasteiger partial charge in [0.25, 0.3) is 5.91 Å². The Bertz CT molecular complexity index is 619. The maximum atomic E-state index is 12.0. The highest BCUT2D eigenvalue weighted by molar-refractivity contribution is 5.92. The van der Waals surface area contributed by atoms with Crippen molar-refractivity contribution in [1.82, 2.24) is 15.5 Å². The molecule has 1 aliphatic heterocycles. The quantitative estimate of drug-likeness (QED) is 0.558. The van der Waals surface area contributed by atoms with Crippen molar-refractivity contribution in [2.24, 2.45) is 5.84 Å². The first-order valence-electron chi connectivity index (χ1n) is 6.59. The highest BCUT2D eigenvalue weighted by atomic mass is 16.5. The Kier molecular flexibility index (Phi) is 3.65. The number of ether oxygens (including phenoxy) is 1. The van der Waals surface area contributed by atoms with Gasteiger partial charge in [-0.15, -0.1) is 10.2 Å². The lowest BCUT2D eigenvalue weighted by atomic mass is 10.1. The predicted molar refractivity (Wildman–Crippen MR) is 76.7 cm³/mol. The molecule has 4 N–H and O–H groups in total. The van der Waals surface area contributed by atoms with Crippen LogP contribution in [0.1, 0.15) is 16.1 Å². The van der Waals surface area contributed by atoms with Gasteiger partial charge in [-0.05, 0) is 23.8 Å². The zero-order valence-corrected chi connectivity index (χ0v) is 11.2. The van der Waals surface area contributed by atoms with E-state index in [1.807, 2.05) is 24.3 Å². The summed E-state index contributed by atoms with van der Waals surface area (Å²) in [6, 6.07) is 11.0. The molecule has 2 aromatic rings. The summed E-state index contributed by atoms with van der Waals surface area (Å²) in [5, 5.41) is 10.3. The molecule has 1 aromatic heterocycles. The monoisotopic (exact) mass is 285 g/mol. The third-order valence-electron chi connectivity index (χ3n) is 3.25. The predicted octanol–water partition coefficient (Wildman–Crippen LogP) is 0.496. The van der Waals surface area contributed by atoms with Crippen LogP contribution in [0, 0.1) is 0 Å². The van der Waals surface area contributed by atoms with Gasteiger partial charge in [0.05, 0.1) is 6.54 Å². The number of carbonyl (C=O) groups is 1. The average Bonchev–Trinajstić information content (AvgIpc) is 2.95. The average molecular weight is 285 g/mol. The Morgan fingerprint density at radius 2 is 2.14 bits per heavy atom. The Hall–Kier alpha value is -2.67. The maximum Gasteiger partial charge on any atom is 0.271 e. The van der Waals surface area contributed by atoms with Crippen LogP contribution in [-0.2, 0) is 6.42 Å². The van der Waals surface area contributed by atoms with E-state index in [1.54, 1.807) is 12.1 Å². The van der Waals surface area contributed by atoms with Crippen LogP contribution < -0.4 is 21.3 Å². The number of nitrogens with one attached hydrogen (secondary N) is 2. The fourth-order valence-corrected chi connectivity index (χ4v) is 2.20. The number of anilines is 1. The molecular weight excluding hydrogens is 270 g/mol. The lowest BCUT2D eigenvalue weighted by molar-refractivity contribution is 0.0927. The molecule has 1 amide bonds. The zero-order valence-electron chi connectivity index (χ0n) is 11.2. The molecule has 0 radical (unpaired) electrons. The molecule has 7 nitrogen and oxygen atoms in total. The number of aromatic nitrogens is 2. The van der Waals surface area contributed by atoms with Crippen LogP contribution in [0.2, 0.25) is 0 Å². The number of benzene rings is 1. The molecule has 0 aliphatic carbocycles. The molecule has 3 rings (SSSR count). The first-order valence-corrected chi connectivity index (χ1v) is 6.59. The van der Waals surface area contributed by atoms with Crippen LogP contribution in [-0.4, -0.2) is 28.8 Å². The minimum atomic E-state index is -0.286. The molecule has 1 aliphatic rings. The van der Waals surface area contributed by atoms with Gasteiger partial charge in [0.2, 0.25) is 0 Å². The van der Waals surface area contributed by atoms with Crippen LogP contribution in [0.3, 0.4) is 0 Å². The number of hydrogen-bond donors (Lipinski definition) is 3. The largest absolute Gasteiger partial charge is 0.488 e. The number of hydrazine groups is 1. The Labute approximate surface area is 121 Å². The molecule has 7 heteroatoms. The fourth-order valence-electron chi connectivity index (χ4n) is 2.20. The van der Waals surface area contributed by atoms with Gasteiger partial charge in [-0.2, -0.15) is 0 Å². The summed E-state index contributed by atoms with van der Waals surface area (Å²) in [6.07, 6.45) is 0.738. The summed E-state index contributed by atoms with van der Waals surface area (Å²) in [7, 11) is 0. The second-order valence-corrected chi connectivity index (χ2v) is 4.71. The molecular formula is C14H15N5O2. The second kappa shape index (κ2) is 5.76. The van der Waals surface area contributed by atoms with E-state index in [1.165, 1.54) is 0 Å². The minimum Gasteiger partial charge on any atom is -0.488 e. The van der Waals surface area contributed by atoms with Gasteiger partial charge in [-0.25, -0.2) is 5.84 Å².